The molecule has 0 bridgehead atoms. The van der Waals surface area contributed by atoms with E-state index in [0.29, 0.717) is 0 Å². The van der Waals surface area contributed by atoms with E-state index in [4.69, 9.17) is 0 Å². The van der Waals surface area contributed by atoms with E-state index in [2.05, 4.69) is 216 Å². The van der Waals surface area contributed by atoms with Gasteiger partial charge in [0.1, 0.15) is 0 Å². The summed E-state index contributed by atoms with van der Waals surface area (Å²) in [5, 5.41) is 4.96. The monoisotopic (exact) mass is 676 g/mol. The van der Waals surface area contributed by atoms with Crippen molar-refractivity contribution in [2.75, 3.05) is 9.80 Å². The van der Waals surface area contributed by atoms with E-state index in [0.717, 1.165) is 29.2 Å². The van der Waals surface area contributed by atoms with Gasteiger partial charge < -0.3 is 9.80 Å². The number of para-hydroxylation sites is 2. The average molecular weight is 677 g/mol. The van der Waals surface area contributed by atoms with Crippen LogP contribution in [0.4, 0.5) is 34.1 Å². The summed E-state index contributed by atoms with van der Waals surface area (Å²) >= 11 is 0. The topological polar surface area (TPSA) is 6.48 Å². The van der Waals surface area contributed by atoms with Gasteiger partial charge in [-0.25, -0.2) is 0 Å². The molecule has 0 spiro atoms. The molecule has 0 fully saturated rings. The van der Waals surface area contributed by atoms with Crippen molar-refractivity contribution in [3.8, 4) is 22.3 Å². The number of benzene rings is 9. The minimum absolute atomic E-state index is 0.946. The molecule has 0 atom stereocenters. The van der Waals surface area contributed by atoms with Crippen LogP contribution in [0.25, 0.3) is 43.8 Å². The van der Waals surface area contributed by atoms with E-state index in [1.165, 1.54) is 66.3 Å². The first kappa shape index (κ1) is 30.9. The third kappa shape index (κ3) is 5.53. The second-order valence-corrected chi connectivity index (χ2v) is 13.8. The zero-order chi connectivity index (χ0) is 35.1. The van der Waals surface area contributed by atoms with Crippen LogP contribution >= 0.6 is 0 Å². The first-order chi connectivity index (χ1) is 26.3. The van der Waals surface area contributed by atoms with Crippen molar-refractivity contribution in [2.45, 2.75) is 6.42 Å². The van der Waals surface area contributed by atoms with Crippen molar-refractivity contribution in [3.05, 3.63) is 217 Å². The van der Waals surface area contributed by atoms with Crippen molar-refractivity contribution in [1.82, 2.24) is 0 Å². The summed E-state index contributed by atoms with van der Waals surface area (Å²) in [6.45, 7) is 0. The molecule has 2 heteroatoms. The Labute approximate surface area is 310 Å². The van der Waals surface area contributed by atoms with Gasteiger partial charge in [-0.1, -0.05) is 152 Å². The zero-order valence-electron chi connectivity index (χ0n) is 29.2. The summed E-state index contributed by atoms with van der Waals surface area (Å²) in [6, 6.07) is 74.9. The molecule has 9 aromatic rings. The van der Waals surface area contributed by atoms with Crippen LogP contribution in [0.15, 0.2) is 206 Å². The fourth-order valence-corrected chi connectivity index (χ4v) is 8.08. The van der Waals surface area contributed by atoms with Gasteiger partial charge in [0, 0.05) is 40.2 Å². The maximum absolute atomic E-state index is 2.41. The molecule has 0 radical (unpaired) electrons. The lowest BCUT2D eigenvalue weighted by atomic mass is 9.94. The van der Waals surface area contributed by atoms with E-state index in [1.807, 2.05) is 0 Å². The van der Waals surface area contributed by atoms with Crippen LogP contribution in [0.5, 0.6) is 0 Å². The van der Waals surface area contributed by atoms with Crippen molar-refractivity contribution in [3.63, 3.8) is 0 Å². The largest absolute Gasteiger partial charge is 0.310 e. The Morgan fingerprint density at radius 3 is 1.55 bits per heavy atom. The minimum atomic E-state index is 0.946. The van der Waals surface area contributed by atoms with E-state index >= 15 is 0 Å². The predicted octanol–water partition coefficient (Wildman–Crippen LogP) is 14.2. The molecular formula is C51H36N2. The Hall–Kier alpha value is -6.90. The number of hydrogen-bond acceptors (Lipinski definition) is 2. The number of fused-ring (bicyclic) bond motifs is 5. The SMILES string of the molecule is c1ccc(-c2ccc(N(c3ccc(-c4cccc(N5c6ccccc6Cc6ccccc65)c4)cc3)c3cc4ccccc4c4ccccc34)cc2)cc1. The molecule has 1 aliphatic rings. The molecule has 0 saturated carbocycles. The number of rotatable bonds is 6. The number of hydrogen-bond donors (Lipinski definition) is 0. The van der Waals surface area contributed by atoms with Crippen LogP contribution in [-0.2, 0) is 6.42 Å². The summed E-state index contributed by atoms with van der Waals surface area (Å²) < 4.78 is 0. The van der Waals surface area contributed by atoms with Gasteiger partial charge in [-0.3, -0.25) is 0 Å². The Morgan fingerprint density at radius 2 is 0.868 bits per heavy atom. The van der Waals surface area contributed by atoms with Gasteiger partial charge in [0.2, 0.25) is 0 Å². The third-order valence-electron chi connectivity index (χ3n) is 10.6. The van der Waals surface area contributed by atoms with Gasteiger partial charge in [-0.2, -0.15) is 0 Å². The normalized spacial score (nSPS) is 12.0. The summed E-state index contributed by atoms with van der Waals surface area (Å²) in [4.78, 5) is 4.82. The quantitative estimate of drug-likeness (QED) is 0.162. The van der Waals surface area contributed by atoms with Gasteiger partial charge in [-0.15, -0.1) is 0 Å². The lowest BCUT2D eigenvalue weighted by Gasteiger charge is -2.33. The molecule has 1 aliphatic heterocycles. The van der Waals surface area contributed by atoms with Crippen molar-refractivity contribution in [2.24, 2.45) is 0 Å². The minimum Gasteiger partial charge on any atom is -0.310 e. The van der Waals surface area contributed by atoms with Crippen molar-refractivity contribution < 1.29 is 0 Å². The number of anilines is 6. The van der Waals surface area contributed by atoms with Gasteiger partial charge >= 0.3 is 0 Å². The molecule has 10 rings (SSSR count). The van der Waals surface area contributed by atoms with Crippen molar-refractivity contribution >= 4 is 55.7 Å². The molecule has 250 valence electrons. The van der Waals surface area contributed by atoms with Gasteiger partial charge in [-0.05, 0) is 104 Å². The van der Waals surface area contributed by atoms with Crippen molar-refractivity contribution in [1.29, 1.82) is 0 Å². The zero-order valence-corrected chi connectivity index (χ0v) is 29.2. The molecule has 0 N–H and O–H groups in total. The summed E-state index contributed by atoms with van der Waals surface area (Å²) in [5.74, 6) is 0. The molecule has 0 saturated heterocycles. The highest BCUT2D eigenvalue weighted by Crippen LogP contribution is 2.46. The average Bonchev–Trinajstić information content (AvgIpc) is 3.24. The smallest absolute Gasteiger partial charge is 0.0546 e. The van der Waals surface area contributed by atoms with Crippen LogP contribution in [0.1, 0.15) is 11.1 Å². The molecular weight excluding hydrogens is 641 g/mol. The van der Waals surface area contributed by atoms with Gasteiger partial charge in [0.05, 0.1) is 5.69 Å². The Kier molecular flexibility index (Phi) is 7.58. The Morgan fingerprint density at radius 1 is 0.358 bits per heavy atom. The van der Waals surface area contributed by atoms with Crippen LogP contribution < -0.4 is 9.80 Å². The summed E-state index contributed by atoms with van der Waals surface area (Å²) in [6.07, 6.45) is 0.946. The molecule has 1 heterocycles. The van der Waals surface area contributed by atoms with Crippen LogP contribution in [0, 0.1) is 0 Å². The molecule has 0 aliphatic carbocycles. The van der Waals surface area contributed by atoms with Crippen LogP contribution in [-0.4, -0.2) is 0 Å². The van der Waals surface area contributed by atoms with Gasteiger partial charge in [0.25, 0.3) is 0 Å². The predicted molar refractivity (Wildman–Crippen MR) is 224 cm³/mol. The fourth-order valence-electron chi connectivity index (χ4n) is 8.08. The summed E-state index contributed by atoms with van der Waals surface area (Å²) in [7, 11) is 0. The highest BCUT2D eigenvalue weighted by atomic mass is 15.2. The standard InChI is InChI=1S/C51H36N2/c1-2-13-36(14-3-1)37-25-29-43(30-26-37)52(51-35-40-15-4-7-20-46(40)47-21-8-9-22-48(47)51)44-31-27-38(28-32-44)39-18-12-19-45(34-39)53-49-23-10-5-16-41(49)33-42-17-6-11-24-50(42)53/h1-32,34-35H,33H2. The van der Waals surface area contributed by atoms with Gasteiger partial charge in [0.15, 0.2) is 0 Å². The van der Waals surface area contributed by atoms with Crippen LogP contribution in [0.3, 0.4) is 0 Å². The molecule has 2 nitrogen and oxygen atoms in total. The fraction of sp³-hybridized carbons (Fsp3) is 0.0196. The lowest BCUT2D eigenvalue weighted by molar-refractivity contribution is 1.09. The Bertz CT molecular complexity index is 2700. The first-order valence-corrected chi connectivity index (χ1v) is 18.3. The van der Waals surface area contributed by atoms with E-state index in [1.54, 1.807) is 0 Å². The first-order valence-electron chi connectivity index (χ1n) is 18.3. The second-order valence-electron chi connectivity index (χ2n) is 13.8. The third-order valence-corrected chi connectivity index (χ3v) is 10.6. The van der Waals surface area contributed by atoms with E-state index < -0.39 is 0 Å². The van der Waals surface area contributed by atoms with E-state index in [9.17, 15) is 0 Å². The maximum Gasteiger partial charge on any atom is 0.0546 e. The van der Waals surface area contributed by atoms with Crippen LogP contribution in [0.2, 0.25) is 0 Å². The second kappa shape index (κ2) is 13.0. The molecule has 0 aromatic heterocycles. The molecule has 53 heavy (non-hydrogen) atoms. The maximum atomic E-state index is 2.41. The summed E-state index contributed by atoms with van der Waals surface area (Å²) in [5.41, 5.74) is 14.5. The molecule has 9 aromatic carbocycles. The highest BCUT2D eigenvalue weighted by molar-refractivity contribution is 6.14. The lowest BCUT2D eigenvalue weighted by Crippen LogP contribution is -2.18. The molecule has 0 amide bonds. The number of nitrogens with zero attached hydrogens (tertiary/aromatic N) is 2. The highest BCUT2D eigenvalue weighted by Gasteiger charge is 2.24. The Balaban J connectivity index is 1.08. The molecule has 0 unspecified atom stereocenters. The van der Waals surface area contributed by atoms with E-state index in [-0.39, 0.29) is 0 Å².